The Labute approximate surface area is 135 Å². The van der Waals surface area contributed by atoms with Gasteiger partial charge in [0.2, 0.25) is 0 Å². The van der Waals surface area contributed by atoms with Gasteiger partial charge in [0.25, 0.3) is 0 Å². The van der Waals surface area contributed by atoms with E-state index in [4.69, 9.17) is 14.6 Å². The third-order valence-electron chi connectivity index (χ3n) is 4.12. The van der Waals surface area contributed by atoms with Crippen LogP contribution < -0.4 is 5.32 Å². The first kappa shape index (κ1) is 17.3. The molecule has 6 heteroatoms. The number of carbonyl (C=O) groups is 2. The minimum absolute atomic E-state index is 0.143. The molecule has 6 nitrogen and oxygen atoms in total. The molecule has 0 spiro atoms. The van der Waals surface area contributed by atoms with E-state index in [1.165, 1.54) is 0 Å². The average molecular weight is 321 g/mol. The highest BCUT2D eigenvalue weighted by atomic mass is 16.5. The van der Waals surface area contributed by atoms with Crippen LogP contribution in [-0.4, -0.2) is 35.4 Å². The van der Waals surface area contributed by atoms with Crippen LogP contribution in [0.4, 0.5) is 4.79 Å². The number of benzene rings is 1. The number of nitrogens with one attached hydrogen (secondary N) is 1. The van der Waals surface area contributed by atoms with E-state index in [1.807, 2.05) is 37.3 Å². The molecule has 1 aromatic rings. The number of amides is 1. The number of ether oxygens (including phenoxy) is 2. The van der Waals surface area contributed by atoms with Crippen molar-refractivity contribution in [2.24, 2.45) is 0 Å². The molecular weight excluding hydrogens is 298 g/mol. The van der Waals surface area contributed by atoms with Gasteiger partial charge in [-0.15, -0.1) is 0 Å². The highest BCUT2D eigenvalue weighted by Gasteiger charge is 2.39. The van der Waals surface area contributed by atoms with Crippen LogP contribution in [-0.2, 0) is 20.9 Å². The van der Waals surface area contributed by atoms with Gasteiger partial charge in [0, 0.05) is 6.61 Å². The first-order valence-electron chi connectivity index (χ1n) is 7.82. The molecule has 0 saturated carbocycles. The maximum absolute atomic E-state index is 12.0. The summed E-state index contributed by atoms with van der Waals surface area (Å²) >= 11 is 0. The summed E-state index contributed by atoms with van der Waals surface area (Å²) < 4.78 is 10.9. The Morgan fingerprint density at radius 1 is 1.35 bits per heavy atom. The van der Waals surface area contributed by atoms with E-state index in [2.05, 4.69) is 5.32 Å². The summed E-state index contributed by atoms with van der Waals surface area (Å²) in [4.78, 5) is 23.1. The molecule has 126 valence electrons. The Morgan fingerprint density at radius 3 is 2.70 bits per heavy atom. The van der Waals surface area contributed by atoms with Crippen LogP contribution in [0.5, 0.6) is 0 Å². The molecule has 2 rings (SSSR count). The Bertz CT molecular complexity index is 525. The number of carbonyl (C=O) groups excluding carboxylic acids is 1. The number of hydrogen-bond acceptors (Lipinski definition) is 4. The van der Waals surface area contributed by atoms with E-state index >= 15 is 0 Å². The minimum atomic E-state index is -0.978. The van der Waals surface area contributed by atoms with Crippen molar-refractivity contribution in [1.29, 1.82) is 0 Å². The van der Waals surface area contributed by atoms with Gasteiger partial charge in [-0.1, -0.05) is 30.3 Å². The molecule has 0 bridgehead atoms. The predicted octanol–water partition coefficient (Wildman–Crippen LogP) is 2.72. The maximum Gasteiger partial charge on any atom is 0.407 e. The second-order valence-electron chi connectivity index (χ2n) is 5.97. The van der Waals surface area contributed by atoms with Crippen molar-refractivity contribution >= 4 is 12.1 Å². The van der Waals surface area contributed by atoms with E-state index in [9.17, 15) is 9.59 Å². The van der Waals surface area contributed by atoms with Crippen LogP contribution in [0.2, 0.25) is 0 Å². The number of rotatable bonds is 6. The topological polar surface area (TPSA) is 84.9 Å². The Hall–Kier alpha value is -2.08. The van der Waals surface area contributed by atoms with Gasteiger partial charge >= 0.3 is 12.1 Å². The number of aliphatic carboxylic acids is 1. The van der Waals surface area contributed by atoms with E-state index < -0.39 is 23.7 Å². The summed E-state index contributed by atoms with van der Waals surface area (Å²) in [6.07, 6.45) is 1.79. The molecule has 1 amide bonds. The van der Waals surface area contributed by atoms with Crippen molar-refractivity contribution < 1.29 is 24.2 Å². The molecule has 1 aliphatic heterocycles. The second-order valence-corrected chi connectivity index (χ2v) is 5.97. The molecule has 1 unspecified atom stereocenters. The third kappa shape index (κ3) is 5.25. The predicted molar refractivity (Wildman–Crippen MR) is 84.0 cm³/mol. The quantitative estimate of drug-likeness (QED) is 0.841. The standard InChI is InChI=1S/C17H23NO5/c1-17(9-5-6-10-23-17)14(11-15(19)20)18-16(21)22-12-13-7-3-2-4-8-13/h2-4,7-8,14H,5-6,9-12H2,1H3,(H,18,21)(H,19,20)/t14-,17?/m1/s1. The first-order valence-corrected chi connectivity index (χ1v) is 7.82. The molecule has 2 N–H and O–H groups in total. The lowest BCUT2D eigenvalue weighted by atomic mass is 9.86. The van der Waals surface area contributed by atoms with Gasteiger partial charge in [-0.3, -0.25) is 4.79 Å². The van der Waals surface area contributed by atoms with Crippen LogP contribution in [0.1, 0.15) is 38.2 Å². The summed E-state index contributed by atoms with van der Waals surface area (Å²) in [5.74, 6) is -0.978. The summed E-state index contributed by atoms with van der Waals surface area (Å²) in [6.45, 7) is 2.56. The van der Waals surface area contributed by atoms with E-state index in [1.54, 1.807) is 0 Å². The van der Waals surface area contributed by atoms with Crippen LogP contribution in [0.15, 0.2) is 30.3 Å². The zero-order chi connectivity index (χ0) is 16.7. The summed E-state index contributed by atoms with van der Waals surface area (Å²) in [6, 6.07) is 8.69. The van der Waals surface area contributed by atoms with Crippen molar-refractivity contribution in [3.05, 3.63) is 35.9 Å². The van der Waals surface area contributed by atoms with Gasteiger partial charge in [0.1, 0.15) is 6.61 Å². The van der Waals surface area contributed by atoms with Crippen molar-refractivity contribution in [2.75, 3.05) is 6.61 Å². The van der Waals surface area contributed by atoms with Crippen LogP contribution >= 0.6 is 0 Å². The smallest absolute Gasteiger partial charge is 0.407 e. The number of carboxylic acid groups (broad SMARTS) is 1. The zero-order valence-corrected chi connectivity index (χ0v) is 13.3. The second kappa shape index (κ2) is 7.97. The van der Waals surface area contributed by atoms with E-state index in [-0.39, 0.29) is 13.0 Å². The number of alkyl carbamates (subject to hydrolysis) is 1. The van der Waals surface area contributed by atoms with Gasteiger partial charge in [0.05, 0.1) is 18.1 Å². The monoisotopic (exact) mass is 321 g/mol. The largest absolute Gasteiger partial charge is 0.481 e. The van der Waals surface area contributed by atoms with Crippen molar-refractivity contribution in [3.8, 4) is 0 Å². The minimum Gasteiger partial charge on any atom is -0.481 e. The summed E-state index contributed by atoms with van der Waals surface area (Å²) in [5.41, 5.74) is 0.195. The SMILES string of the molecule is CC1([C@@H](CC(=O)O)NC(=O)OCc2ccccc2)CCCCO1. The summed E-state index contributed by atoms with van der Waals surface area (Å²) in [5, 5.41) is 11.8. The third-order valence-corrected chi connectivity index (χ3v) is 4.12. The van der Waals surface area contributed by atoms with Gasteiger partial charge in [-0.2, -0.15) is 0 Å². The molecule has 1 saturated heterocycles. The number of hydrogen-bond donors (Lipinski definition) is 2. The maximum atomic E-state index is 12.0. The number of carboxylic acids is 1. The molecule has 1 fully saturated rings. The lowest BCUT2D eigenvalue weighted by molar-refractivity contribution is -0.142. The zero-order valence-electron chi connectivity index (χ0n) is 13.3. The normalized spacial score (nSPS) is 22.1. The Balaban J connectivity index is 1.93. The van der Waals surface area contributed by atoms with Crippen LogP contribution in [0, 0.1) is 0 Å². The lowest BCUT2D eigenvalue weighted by Gasteiger charge is -2.40. The van der Waals surface area contributed by atoms with Gasteiger partial charge < -0.3 is 19.9 Å². The molecule has 1 aliphatic rings. The fourth-order valence-corrected chi connectivity index (χ4v) is 2.73. The lowest BCUT2D eigenvalue weighted by Crippen LogP contribution is -2.54. The van der Waals surface area contributed by atoms with E-state index in [0.717, 1.165) is 18.4 Å². The molecular formula is C17H23NO5. The average Bonchev–Trinajstić information content (AvgIpc) is 2.54. The Morgan fingerprint density at radius 2 is 2.09 bits per heavy atom. The van der Waals surface area contributed by atoms with E-state index in [0.29, 0.717) is 13.0 Å². The molecule has 2 atom stereocenters. The first-order chi connectivity index (χ1) is 11.0. The molecule has 1 aromatic carbocycles. The molecule has 23 heavy (non-hydrogen) atoms. The highest BCUT2D eigenvalue weighted by Crippen LogP contribution is 2.29. The molecule has 0 aliphatic carbocycles. The molecule has 1 heterocycles. The van der Waals surface area contributed by atoms with Gasteiger partial charge in [-0.25, -0.2) is 4.79 Å². The van der Waals surface area contributed by atoms with Gasteiger partial charge in [0.15, 0.2) is 0 Å². The van der Waals surface area contributed by atoms with Crippen molar-refractivity contribution in [2.45, 2.75) is 50.9 Å². The highest BCUT2D eigenvalue weighted by molar-refractivity contribution is 5.71. The summed E-state index contributed by atoms with van der Waals surface area (Å²) in [7, 11) is 0. The Kier molecular flexibility index (Phi) is 5.98. The fraction of sp³-hybridized carbons (Fsp3) is 0.529. The van der Waals surface area contributed by atoms with Crippen molar-refractivity contribution in [1.82, 2.24) is 5.32 Å². The molecule has 0 radical (unpaired) electrons. The van der Waals surface area contributed by atoms with Crippen molar-refractivity contribution in [3.63, 3.8) is 0 Å². The van der Waals surface area contributed by atoms with Gasteiger partial charge in [-0.05, 0) is 31.7 Å². The van der Waals surface area contributed by atoms with Crippen LogP contribution in [0.25, 0.3) is 0 Å². The fourth-order valence-electron chi connectivity index (χ4n) is 2.73. The van der Waals surface area contributed by atoms with Crippen LogP contribution in [0.3, 0.4) is 0 Å². The molecule has 0 aromatic heterocycles.